The summed E-state index contributed by atoms with van der Waals surface area (Å²) in [6, 6.07) is 9.02. The molecule has 126 valence electrons. The van der Waals surface area contributed by atoms with E-state index in [4.69, 9.17) is 9.47 Å². The highest BCUT2D eigenvalue weighted by Gasteiger charge is 2.34. The van der Waals surface area contributed by atoms with Crippen molar-refractivity contribution in [2.45, 2.75) is 25.7 Å². The molecule has 7 nitrogen and oxygen atoms in total. The zero-order valence-electron chi connectivity index (χ0n) is 13.1. The Bertz CT molecular complexity index is 522. The van der Waals surface area contributed by atoms with Crippen LogP contribution in [0.2, 0.25) is 0 Å². The summed E-state index contributed by atoms with van der Waals surface area (Å²) in [6.45, 7) is 2.69. The predicted molar refractivity (Wildman–Crippen MR) is 82.6 cm³/mol. The van der Waals surface area contributed by atoms with Crippen LogP contribution in [0.4, 0.5) is 4.79 Å². The number of aliphatic hydroxyl groups is 1. The molecule has 1 amide bonds. The van der Waals surface area contributed by atoms with Crippen molar-refractivity contribution >= 4 is 12.1 Å². The van der Waals surface area contributed by atoms with Gasteiger partial charge in [-0.3, -0.25) is 10.1 Å². The fourth-order valence-electron chi connectivity index (χ4n) is 2.35. The van der Waals surface area contributed by atoms with Crippen LogP contribution in [0, 0.1) is 0 Å². The highest BCUT2D eigenvalue weighted by atomic mass is 16.6. The van der Waals surface area contributed by atoms with Crippen LogP contribution in [0.3, 0.4) is 0 Å². The maximum Gasteiger partial charge on any atom is 0.409 e. The lowest BCUT2D eigenvalue weighted by Crippen LogP contribution is -2.42. The average Bonchev–Trinajstić information content (AvgIpc) is 2.93. The largest absolute Gasteiger partial charge is 0.460 e. The molecule has 0 radical (unpaired) electrons. The molecule has 0 bridgehead atoms. The molecular weight excluding hydrogens is 300 g/mol. The van der Waals surface area contributed by atoms with E-state index >= 15 is 0 Å². The van der Waals surface area contributed by atoms with E-state index in [1.165, 1.54) is 4.90 Å². The van der Waals surface area contributed by atoms with Crippen molar-refractivity contribution in [3.8, 4) is 0 Å². The van der Waals surface area contributed by atoms with E-state index in [2.05, 4.69) is 5.32 Å². The number of ether oxygens (including phenoxy) is 2. The summed E-state index contributed by atoms with van der Waals surface area (Å²) in [6.07, 6.45) is -1.19. The molecule has 2 atom stereocenters. The summed E-state index contributed by atoms with van der Waals surface area (Å²) >= 11 is 0. The zero-order valence-corrected chi connectivity index (χ0v) is 13.1. The number of nitrogens with zero attached hydrogens (tertiary/aromatic N) is 1. The van der Waals surface area contributed by atoms with Gasteiger partial charge in [0.05, 0.1) is 31.8 Å². The summed E-state index contributed by atoms with van der Waals surface area (Å²) in [7, 11) is 0. The first-order valence-electron chi connectivity index (χ1n) is 7.63. The number of likely N-dealkylation sites (tertiary alicyclic amines) is 1. The Morgan fingerprint density at radius 1 is 1.26 bits per heavy atom. The van der Waals surface area contributed by atoms with Gasteiger partial charge >= 0.3 is 12.1 Å². The molecule has 0 saturated carbocycles. The summed E-state index contributed by atoms with van der Waals surface area (Å²) in [5.41, 5.74) is 0.912. The quantitative estimate of drug-likeness (QED) is 0.743. The lowest BCUT2D eigenvalue weighted by atomic mass is 10.2. The Kier molecular flexibility index (Phi) is 6.37. The molecule has 1 aromatic carbocycles. The molecule has 0 spiro atoms. The second-order valence-electron chi connectivity index (χ2n) is 5.30. The van der Waals surface area contributed by atoms with Gasteiger partial charge in [-0.2, -0.15) is 0 Å². The van der Waals surface area contributed by atoms with Crippen molar-refractivity contribution < 1.29 is 24.2 Å². The second kappa shape index (κ2) is 8.50. The van der Waals surface area contributed by atoms with Crippen molar-refractivity contribution in [2.24, 2.45) is 0 Å². The highest BCUT2D eigenvalue weighted by molar-refractivity contribution is 5.72. The maximum absolute atomic E-state index is 11.7. The fourth-order valence-corrected chi connectivity index (χ4v) is 2.35. The predicted octanol–water partition coefficient (Wildman–Crippen LogP) is 0.521. The van der Waals surface area contributed by atoms with Crippen LogP contribution in [0.5, 0.6) is 0 Å². The molecule has 0 aromatic heterocycles. The number of carbonyl (C=O) groups excluding carboxylic acids is 2. The molecule has 1 saturated heterocycles. The molecule has 2 rings (SSSR count). The SMILES string of the molecule is CCOC(=O)N1CC(O)C(NCC(=O)OCc2ccccc2)C1. The first kappa shape index (κ1) is 17.2. The summed E-state index contributed by atoms with van der Waals surface area (Å²) in [5, 5.41) is 12.9. The maximum atomic E-state index is 11.7. The normalized spacial score (nSPS) is 20.3. The zero-order chi connectivity index (χ0) is 16.7. The molecular formula is C16H22N2O5. The third-order valence-electron chi connectivity index (χ3n) is 3.57. The van der Waals surface area contributed by atoms with Gasteiger partial charge < -0.3 is 19.5 Å². The van der Waals surface area contributed by atoms with E-state index in [1.807, 2.05) is 30.3 Å². The number of hydrogen-bond acceptors (Lipinski definition) is 6. The van der Waals surface area contributed by atoms with Crippen molar-refractivity contribution in [1.82, 2.24) is 10.2 Å². The molecule has 7 heteroatoms. The van der Waals surface area contributed by atoms with Crippen LogP contribution < -0.4 is 5.32 Å². The van der Waals surface area contributed by atoms with Crippen LogP contribution in [0.1, 0.15) is 12.5 Å². The van der Waals surface area contributed by atoms with Gasteiger partial charge in [-0.05, 0) is 12.5 Å². The van der Waals surface area contributed by atoms with Gasteiger partial charge in [0.2, 0.25) is 0 Å². The monoisotopic (exact) mass is 322 g/mol. The van der Waals surface area contributed by atoms with Gasteiger partial charge in [-0.15, -0.1) is 0 Å². The van der Waals surface area contributed by atoms with Gasteiger partial charge in [0.1, 0.15) is 6.61 Å². The van der Waals surface area contributed by atoms with Crippen LogP contribution in [0.25, 0.3) is 0 Å². The molecule has 1 aliphatic heterocycles. The minimum Gasteiger partial charge on any atom is -0.460 e. The summed E-state index contributed by atoms with van der Waals surface area (Å²) < 4.78 is 10.0. The number of rotatable bonds is 6. The van der Waals surface area contributed by atoms with Crippen LogP contribution in [-0.4, -0.2) is 60.5 Å². The summed E-state index contributed by atoms with van der Waals surface area (Å²) in [5.74, 6) is -0.407. The standard InChI is InChI=1S/C16H22N2O5/c1-2-22-16(21)18-9-13(14(19)10-18)17-8-15(20)23-11-12-6-4-3-5-7-12/h3-7,13-14,17,19H,2,8-11H2,1H3. The van der Waals surface area contributed by atoms with Crippen molar-refractivity contribution in [3.05, 3.63) is 35.9 Å². The van der Waals surface area contributed by atoms with Gasteiger partial charge in [-0.1, -0.05) is 30.3 Å². The Labute approximate surface area is 135 Å². The number of hydrogen-bond donors (Lipinski definition) is 2. The Balaban J connectivity index is 1.71. The molecule has 23 heavy (non-hydrogen) atoms. The molecule has 1 heterocycles. The minimum atomic E-state index is -0.735. The number of esters is 1. The second-order valence-corrected chi connectivity index (χ2v) is 5.30. The molecule has 0 aliphatic carbocycles. The third-order valence-corrected chi connectivity index (χ3v) is 3.57. The summed E-state index contributed by atoms with van der Waals surface area (Å²) in [4.78, 5) is 24.8. The minimum absolute atomic E-state index is 0.0226. The first-order valence-corrected chi connectivity index (χ1v) is 7.63. The van der Waals surface area contributed by atoms with E-state index in [9.17, 15) is 14.7 Å². The lowest BCUT2D eigenvalue weighted by molar-refractivity contribution is -0.144. The van der Waals surface area contributed by atoms with Crippen molar-refractivity contribution in [3.63, 3.8) is 0 Å². The highest BCUT2D eigenvalue weighted by Crippen LogP contribution is 2.11. The van der Waals surface area contributed by atoms with E-state index in [0.29, 0.717) is 6.54 Å². The Morgan fingerprint density at radius 2 is 2.00 bits per heavy atom. The van der Waals surface area contributed by atoms with Gasteiger partial charge in [0.15, 0.2) is 0 Å². The van der Waals surface area contributed by atoms with E-state index in [-0.39, 0.29) is 32.3 Å². The van der Waals surface area contributed by atoms with Gasteiger partial charge in [-0.25, -0.2) is 4.79 Å². The number of benzene rings is 1. The topological polar surface area (TPSA) is 88.1 Å². The average molecular weight is 322 g/mol. The Morgan fingerprint density at radius 3 is 2.70 bits per heavy atom. The van der Waals surface area contributed by atoms with E-state index < -0.39 is 18.2 Å². The third kappa shape index (κ3) is 5.22. The number of carbonyl (C=O) groups is 2. The number of β-amino-alcohol motifs (C(OH)–C–C–N with tert-alkyl or cyclic N) is 1. The van der Waals surface area contributed by atoms with Crippen LogP contribution >= 0.6 is 0 Å². The fraction of sp³-hybridized carbons (Fsp3) is 0.500. The Hall–Kier alpha value is -2.12. The molecule has 1 aliphatic rings. The molecule has 2 N–H and O–H groups in total. The van der Waals surface area contributed by atoms with Gasteiger partial charge in [0, 0.05) is 6.54 Å². The number of aliphatic hydroxyl groups excluding tert-OH is 1. The number of nitrogens with one attached hydrogen (secondary N) is 1. The first-order chi connectivity index (χ1) is 11.1. The smallest absolute Gasteiger partial charge is 0.409 e. The molecule has 1 aromatic rings. The van der Waals surface area contributed by atoms with Crippen molar-refractivity contribution in [2.75, 3.05) is 26.2 Å². The van der Waals surface area contributed by atoms with E-state index in [0.717, 1.165) is 5.56 Å². The number of amides is 1. The lowest BCUT2D eigenvalue weighted by Gasteiger charge is -2.16. The van der Waals surface area contributed by atoms with Crippen LogP contribution in [0.15, 0.2) is 30.3 Å². The van der Waals surface area contributed by atoms with Gasteiger partial charge in [0.25, 0.3) is 0 Å². The van der Waals surface area contributed by atoms with E-state index in [1.54, 1.807) is 6.92 Å². The molecule has 2 unspecified atom stereocenters. The van der Waals surface area contributed by atoms with Crippen LogP contribution in [-0.2, 0) is 20.9 Å². The molecule has 1 fully saturated rings. The van der Waals surface area contributed by atoms with Crippen molar-refractivity contribution in [1.29, 1.82) is 0 Å².